The number of amides is 2. The highest BCUT2D eigenvalue weighted by atomic mass is 32.2. The third-order valence-corrected chi connectivity index (χ3v) is 8.24. The summed E-state index contributed by atoms with van der Waals surface area (Å²) in [4.78, 5) is 29.7. The molecule has 3 heterocycles. The Bertz CT molecular complexity index is 706. The van der Waals surface area contributed by atoms with Crippen LogP contribution >= 0.6 is 11.8 Å². The summed E-state index contributed by atoms with van der Waals surface area (Å²) < 4.78 is 0. The fourth-order valence-corrected chi connectivity index (χ4v) is 6.46. The first-order valence-electron chi connectivity index (χ1n) is 10.5. The number of fused-ring (bicyclic) bond motifs is 2. The van der Waals surface area contributed by atoms with Crippen molar-refractivity contribution in [3.8, 4) is 0 Å². The minimum atomic E-state index is 0.165. The zero-order valence-electron chi connectivity index (χ0n) is 15.8. The number of hydrogen-bond donors (Lipinski definition) is 0. The van der Waals surface area contributed by atoms with Crippen LogP contribution in [-0.2, 0) is 9.59 Å². The summed E-state index contributed by atoms with van der Waals surface area (Å²) in [7, 11) is 0. The Morgan fingerprint density at radius 1 is 1.00 bits per heavy atom. The Hall–Kier alpha value is -1.49. The van der Waals surface area contributed by atoms with E-state index >= 15 is 0 Å². The number of benzene rings is 1. The molecule has 2 amide bonds. The van der Waals surface area contributed by atoms with E-state index in [9.17, 15) is 9.59 Å². The van der Waals surface area contributed by atoms with Crippen molar-refractivity contribution in [2.24, 2.45) is 5.92 Å². The predicted octanol–water partition coefficient (Wildman–Crippen LogP) is 3.28. The van der Waals surface area contributed by atoms with Gasteiger partial charge < -0.3 is 9.80 Å². The molecule has 2 bridgehead atoms. The molecule has 0 aromatic heterocycles. The van der Waals surface area contributed by atoms with Gasteiger partial charge in [0.2, 0.25) is 11.8 Å². The number of carbonyl (C=O) groups is 2. The van der Waals surface area contributed by atoms with Crippen molar-refractivity contribution in [3.05, 3.63) is 35.9 Å². The average Bonchev–Trinajstić information content (AvgIpc) is 3.34. The van der Waals surface area contributed by atoms with Crippen molar-refractivity contribution >= 4 is 23.6 Å². The number of piperazine rings is 1. The molecule has 1 aromatic carbocycles. The Balaban J connectivity index is 1.13. The van der Waals surface area contributed by atoms with Crippen molar-refractivity contribution in [2.75, 3.05) is 18.8 Å². The van der Waals surface area contributed by atoms with Crippen molar-refractivity contribution in [1.82, 2.24) is 9.80 Å². The number of piperidine rings is 1. The van der Waals surface area contributed by atoms with E-state index in [0.717, 1.165) is 25.9 Å². The van der Waals surface area contributed by atoms with Crippen molar-refractivity contribution < 1.29 is 9.59 Å². The fraction of sp³-hybridized carbons (Fsp3) is 0.636. The molecule has 3 aliphatic heterocycles. The molecule has 5 fully saturated rings. The summed E-state index contributed by atoms with van der Waals surface area (Å²) in [5, 5.41) is 0.691. The van der Waals surface area contributed by atoms with E-state index in [1.807, 2.05) is 22.7 Å². The topological polar surface area (TPSA) is 40.6 Å². The summed E-state index contributed by atoms with van der Waals surface area (Å²) in [6, 6.07) is 10.9. The SMILES string of the molecule is O=C(CSC1CCCC1)N1CC2CC(C1)N2C(=O)C1C[C@H]1c1ccccc1. The lowest BCUT2D eigenvalue weighted by molar-refractivity contribution is -0.161. The summed E-state index contributed by atoms with van der Waals surface area (Å²) in [6.07, 6.45) is 7.25. The molecule has 0 radical (unpaired) electrons. The second-order valence-corrected chi connectivity index (χ2v) is 9.95. The molecule has 2 saturated carbocycles. The highest BCUT2D eigenvalue weighted by Gasteiger charge is 2.54. The van der Waals surface area contributed by atoms with E-state index in [0.29, 0.717) is 22.8 Å². The van der Waals surface area contributed by atoms with Gasteiger partial charge in [0, 0.05) is 24.3 Å². The van der Waals surface area contributed by atoms with Crippen LogP contribution in [-0.4, -0.2) is 57.8 Å². The molecule has 5 heteroatoms. The second-order valence-electron chi connectivity index (χ2n) is 8.66. The second kappa shape index (κ2) is 7.16. The van der Waals surface area contributed by atoms with Gasteiger partial charge in [-0.2, -0.15) is 0 Å². The van der Waals surface area contributed by atoms with Gasteiger partial charge in [-0.1, -0.05) is 43.2 Å². The molecule has 0 spiro atoms. The Morgan fingerprint density at radius 3 is 2.41 bits per heavy atom. The van der Waals surface area contributed by atoms with E-state index in [-0.39, 0.29) is 23.9 Å². The standard InChI is InChI=1S/C22H28N2O2S/c25-21(14-27-18-8-4-5-9-18)23-12-16-10-17(13-23)24(16)22(26)20-11-19(20)15-6-2-1-3-7-15/h1-3,6-7,16-20H,4-5,8-14H2/t16?,17?,19-,20?/m0/s1. The zero-order valence-corrected chi connectivity index (χ0v) is 16.6. The van der Waals surface area contributed by atoms with E-state index in [4.69, 9.17) is 0 Å². The minimum absolute atomic E-state index is 0.165. The number of hydrogen-bond acceptors (Lipinski definition) is 3. The molecule has 6 rings (SSSR count). The normalized spacial score (nSPS) is 32.3. The maximum Gasteiger partial charge on any atom is 0.232 e. The number of rotatable bonds is 5. The maximum absolute atomic E-state index is 13.0. The van der Waals surface area contributed by atoms with Crippen molar-refractivity contribution in [1.29, 1.82) is 0 Å². The molecular weight excluding hydrogens is 356 g/mol. The first-order chi connectivity index (χ1) is 13.2. The molecule has 5 aliphatic rings. The highest BCUT2D eigenvalue weighted by Crippen LogP contribution is 2.50. The van der Waals surface area contributed by atoms with E-state index in [2.05, 4.69) is 29.2 Å². The lowest BCUT2D eigenvalue weighted by atomic mass is 9.86. The van der Waals surface area contributed by atoms with Gasteiger partial charge in [0.25, 0.3) is 0 Å². The van der Waals surface area contributed by atoms with E-state index in [1.54, 1.807) is 0 Å². The minimum Gasteiger partial charge on any atom is -0.338 e. The first kappa shape index (κ1) is 17.6. The quantitative estimate of drug-likeness (QED) is 0.782. The van der Waals surface area contributed by atoms with Gasteiger partial charge in [-0.3, -0.25) is 9.59 Å². The van der Waals surface area contributed by atoms with Crippen LogP contribution in [0.1, 0.15) is 50.0 Å². The van der Waals surface area contributed by atoms with Gasteiger partial charge in [0.05, 0.1) is 17.8 Å². The highest BCUT2D eigenvalue weighted by molar-refractivity contribution is 8.00. The lowest BCUT2D eigenvalue weighted by Crippen LogP contribution is -2.71. The molecular formula is C22H28N2O2S. The van der Waals surface area contributed by atoms with Crippen molar-refractivity contribution in [3.63, 3.8) is 0 Å². The van der Waals surface area contributed by atoms with Gasteiger partial charge in [0.1, 0.15) is 0 Å². The predicted molar refractivity (Wildman–Crippen MR) is 108 cm³/mol. The van der Waals surface area contributed by atoms with Gasteiger partial charge in [-0.25, -0.2) is 0 Å². The van der Waals surface area contributed by atoms with Crippen LogP contribution in [0.4, 0.5) is 0 Å². The van der Waals surface area contributed by atoms with Crippen LogP contribution in [0, 0.1) is 5.92 Å². The molecule has 3 saturated heterocycles. The molecule has 1 aromatic rings. The Labute approximate surface area is 165 Å². The summed E-state index contributed by atoms with van der Waals surface area (Å²) in [5.74, 6) is 1.80. The van der Waals surface area contributed by atoms with Crippen LogP contribution in [0.2, 0.25) is 0 Å². The van der Waals surface area contributed by atoms with Gasteiger partial charge >= 0.3 is 0 Å². The largest absolute Gasteiger partial charge is 0.338 e. The van der Waals surface area contributed by atoms with Gasteiger partial charge in [-0.15, -0.1) is 11.8 Å². The van der Waals surface area contributed by atoms with Crippen LogP contribution in [0.15, 0.2) is 30.3 Å². The molecule has 27 heavy (non-hydrogen) atoms. The van der Waals surface area contributed by atoms with Crippen LogP contribution in [0.25, 0.3) is 0 Å². The Kier molecular flexibility index (Phi) is 4.66. The molecule has 4 nitrogen and oxygen atoms in total. The molecule has 2 aliphatic carbocycles. The van der Waals surface area contributed by atoms with Gasteiger partial charge in [0.15, 0.2) is 0 Å². The van der Waals surface area contributed by atoms with E-state index < -0.39 is 0 Å². The molecule has 144 valence electrons. The molecule has 0 N–H and O–H groups in total. The zero-order chi connectivity index (χ0) is 18.4. The van der Waals surface area contributed by atoms with E-state index in [1.165, 1.54) is 31.2 Å². The lowest BCUT2D eigenvalue weighted by Gasteiger charge is -2.56. The van der Waals surface area contributed by atoms with Crippen LogP contribution in [0.5, 0.6) is 0 Å². The third-order valence-electron chi connectivity index (χ3n) is 6.88. The third kappa shape index (κ3) is 3.39. The smallest absolute Gasteiger partial charge is 0.232 e. The summed E-state index contributed by atoms with van der Waals surface area (Å²) >= 11 is 1.85. The molecule has 3 unspecified atom stereocenters. The van der Waals surface area contributed by atoms with Crippen LogP contribution in [0.3, 0.4) is 0 Å². The first-order valence-corrected chi connectivity index (χ1v) is 11.5. The number of carbonyl (C=O) groups excluding carboxylic acids is 2. The maximum atomic E-state index is 13.0. The van der Waals surface area contributed by atoms with Gasteiger partial charge in [-0.05, 0) is 37.2 Å². The monoisotopic (exact) mass is 384 g/mol. The average molecular weight is 385 g/mol. The Morgan fingerprint density at radius 2 is 1.70 bits per heavy atom. The summed E-state index contributed by atoms with van der Waals surface area (Å²) in [5.41, 5.74) is 1.29. The number of thioether (sulfide) groups is 1. The summed E-state index contributed by atoms with van der Waals surface area (Å²) in [6.45, 7) is 1.49. The van der Waals surface area contributed by atoms with Crippen molar-refractivity contribution in [2.45, 2.75) is 61.8 Å². The fourth-order valence-electron chi connectivity index (χ4n) is 5.24. The number of nitrogens with zero attached hydrogens (tertiary/aromatic N) is 2. The molecule has 4 atom stereocenters. The van der Waals surface area contributed by atoms with Crippen LogP contribution < -0.4 is 0 Å².